The molecule has 1 amide bonds. The molecule has 1 aromatic heterocycles. The van der Waals surface area contributed by atoms with Crippen LogP contribution in [0, 0.1) is 6.92 Å². The SMILES string of the molecule is COc1ccc(-c2cc(=O)n(CC(=O)Nc3cccc(C)c3)cn2)cc1. The molecule has 0 saturated heterocycles. The van der Waals surface area contributed by atoms with Gasteiger partial charge in [0.2, 0.25) is 5.91 Å². The summed E-state index contributed by atoms with van der Waals surface area (Å²) in [5.41, 5.74) is 2.81. The van der Waals surface area contributed by atoms with Crippen LogP contribution in [0.1, 0.15) is 5.56 Å². The Morgan fingerprint density at radius 1 is 1.15 bits per heavy atom. The van der Waals surface area contributed by atoms with Crippen LogP contribution in [-0.4, -0.2) is 22.6 Å². The maximum absolute atomic E-state index is 12.3. The van der Waals surface area contributed by atoms with E-state index in [0.717, 1.165) is 16.9 Å². The molecule has 0 fully saturated rings. The quantitative estimate of drug-likeness (QED) is 0.769. The molecule has 2 aromatic carbocycles. The number of aryl methyl sites for hydroxylation is 1. The van der Waals surface area contributed by atoms with Crippen molar-refractivity contribution in [3.63, 3.8) is 0 Å². The van der Waals surface area contributed by atoms with Crippen molar-refractivity contribution >= 4 is 11.6 Å². The van der Waals surface area contributed by atoms with Crippen LogP contribution in [0.5, 0.6) is 5.75 Å². The Kier molecular flexibility index (Phi) is 5.12. The lowest BCUT2D eigenvalue weighted by atomic mass is 10.1. The minimum Gasteiger partial charge on any atom is -0.497 e. The molecule has 0 unspecified atom stereocenters. The van der Waals surface area contributed by atoms with Crippen LogP contribution in [-0.2, 0) is 11.3 Å². The van der Waals surface area contributed by atoms with Gasteiger partial charge in [0.25, 0.3) is 5.56 Å². The summed E-state index contributed by atoms with van der Waals surface area (Å²) in [5.74, 6) is 0.451. The molecule has 3 aromatic rings. The number of nitrogens with one attached hydrogen (secondary N) is 1. The van der Waals surface area contributed by atoms with E-state index in [1.54, 1.807) is 25.3 Å². The topological polar surface area (TPSA) is 73.2 Å². The molecule has 3 rings (SSSR count). The summed E-state index contributed by atoms with van der Waals surface area (Å²) in [5, 5.41) is 2.78. The van der Waals surface area contributed by atoms with Gasteiger partial charge in [-0.25, -0.2) is 4.98 Å². The number of hydrogen-bond donors (Lipinski definition) is 1. The van der Waals surface area contributed by atoms with E-state index in [1.165, 1.54) is 17.0 Å². The maximum atomic E-state index is 12.3. The first kappa shape index (κ1) is 17.4. The number of rotatable bonds is 5. The van der Waals surface area contributed by atoms with E-state index in [0.29, 0.717) is 11.4 Å². The third-order valence-electron chi connectivity index (χ3n) is 3.88. The van der Waals surface area contributed by atoms with Crippen molar-refractivity contribution in [3.05, 3.63) is 76.8 Å². The fraction of sp³-hybridized carbons (Fsp3) is 0.150. The van der Waals surface area contributed by atoms with E-state index < -0.39 is 0 Å². The second kappa shape index (κ2) is 7.65. The average Bonchev–Trinajstić information content (AvgIpc) is 2.63. The summed E-state index contributed by atoms with van der Waals surface area (Å²) in [6.45, 7) is 1.85. The molecule has 132 valence electrons. The van der Waals surface area contributed by atoms with Gasteiger partial charge in [0.15, 0.2) is 0 Å². The van der Waals surface area contributed by atoms with Crippen molar-refractivity contribution in [3.8, 4) is 17.0 Å². The summed E-state index contributed by atoms with van der Waals surface area (Å²) in [6, 6.07) is 16.2. The Labute approximate surface area is 151 Å². The minimum absolute atomic E-state index is 0.0946. The van der Waals surface area contributed by atoms with Crippen LogP contribution in [0.4, 0.5) is 5.69 Å². The van der Waals surface area contributed by atoms with Gasteiger partial charge >= 0.3 is 0 Å². The van der Waals surface area contributed by atoms with Crippen molar-refractivity contribution in [2.24, 2.45) is 0 Å². The zero-order valence-electron chi connectivity index (χ0n) is 14.6. The van der Waals surface area contributed by atoms with Crippen molar-refractivity contribution < 1.29 is 9.53 Å². The lowest BCUT2D eigenvalue weighted by Gasteiger charge is -2.09. The number of carbonyl (C=O) groups is 1. The van der Waals surface area contributed by atoms with E-state index in [9.17, 15) is 9.59 Å². The summed E-state index contributed by atoms with van der Waals surface area (Å²) < 4.78 is 6.39. The lowest BCUT2D eigenvalue weighted by molar-refractivity contribution is -0.116. The van der Waals surface area contributed by atoms with Crippen LogP contribution in [0.2, 0.25) is 0 Å². The third kappa shape index (κ3) is 4.16. The van der Waals surface area contributed by atoms with E-state index in [2.05, 4.69) is 10.3 Å². The number of carbonyl (C=O) groups excluding carboxylic acids is 1. The monoisotopic (exact) mass is 349 g/mol. The maximum Gasteiger partial charge on any atom is 0.254 e. The summed E-state index contributed by atoms with van der Waals surface area (Å²) in [4.78, 5) is 28.7. The predicted molar refractivity (Wildman–Crippen MR) is 100 cm³/mol. The highest BCUT2D eigenvalue weighted by atomic mass is 16.5. The summed E-state index contributed by atoms with van der Waals surface area (Å²) in [7, 11) is 1.59. The highest BCUT2D eigenvalue weighted by molar-refractivity contribution is 5.90. The van der Waals surface area contributed by atoms with E-state index in [-0.39, 0.29) is 18.0 Å². The Morgan fingerprint density at radius 3 is 2.58 bits per heavy atom. The van der Waals surface area contributed by atoms with Crippen LogP contribution in [0.25, 0.3) is 11.3 Å². The molecule has 1 N–H and O–H groups in total. The van der Waals surface area contributed by atoms with Gasteiger partial charge in [0.1, 0.15) is 12.3 Å². The highest BCUT2D eigenvalue weighted by Crippen LogP contribution is 2.19. The first-order chi connectivity index (χ1) is 12.5. The molecule has 6 nitrogen and oxygen atoms in total. The average molecular weight is 349 g/mol. The van der Waals surface area contributed by atoms with E-state index in [1.807, 2.05) is 37.3 Å². The molecular formula is C20H19N3O3. The number of hydrogen-bond acceptors (Lipinski definition) is 4. The van der Waals surface area contributed by atoms with E-state index in [4.69, 9.17) is 4.74 Å². The standard InChI is InChI=1S/C20H19N3O3/c1-14-4-3-5-16(10-14)22-19(24)12-23-13-21-18(11-20(23)25)15-6-8-17(26-2)9-7-15/h3-11,13H,12H2,1-2H3,(H,22,24). The predicted octanol–water partition coefficient (Wildman–Crippen LogP) is 2.87. The number of methoxy groups -OCH3 is 1. The fourth-order valence-corrected chi connectivity index (χ4v) is 2.54. The Morgan fingerprint density at radius 2 is 1.92 bits per heavy atom. The van der Waals surface area contributed by atoms with Crippen LogP contribution < -0.4 is 15.6 Å². The van der Waals surface area contributed by atoms with Gasteiger partial charge in [0, 0.05) is 17.3 Å². The number of benzene rings is 2. The molecule has 0 aliphatic heterocycles. The molecule has 0 bridgehead atoms. The Hall–Kier alpha value is -3.41. The van der Waals surface area contributed by atoms with Gasteiger partial charge in [-0.1, -0.05) is 12.1 Å². The highest BCUT2D eigenvalue weighted by Gasteiger charge is 2.08. The third-order valence-corrected chi connectivity index (χ3v) is 3.88. The van der Waals surface area contributed by atoms with Gasteiger partial charge in [-0.3, -0.25) is 14.2 Å². The smallest absolute Gasteiger partial charge is 0.254 e. The van der Waals surface area contributed by atoms with Crippen molar-refractivity contribution in [2.75, 3.05) is 12.4 Å². The Balaban J connectivity index is 1.73. The number of amides is 1. The van der Waals surface area contributed by atoms with E-state index >= 15 is 0 Å². The molecule has 26 heavy (non-hydrogen) atoms. The number of ether oxygens (including phenoxy) is 1. The van der Waals surface area contributed by atoms with Crippen LogP contribution >= 0.6 is 0 Å². The number of aromatic nitrogens is 2. The first-order valence-electron chi connectivity index (χ1n) is 8.12. The van der Waals surface area contributed by atoms with Crippen molar-refractivity contribution in [1.82, 2.24) is 9.55 Å². The largest absolute Gasteiger partial charge is 0.497 e. The Bertz CT molecular complexity index is 978. The molecule has 6 heteroatoms. The van der Waals surface area contributed by atoms with Gasteiger partial charge in [0.05, 0.1) is 19.1 Å². The molecular weight excluding hydrogens is 330 g/mol. The lowest BCUT2D eigenvalue weighted by Crippen LogP contribution is -2.27. The van der Waals surface area contributed by atoms with Gasteiger partial charge in [-0.2, -0.15) is 0 Å². The van der Waals surface area contributed by atoms with Crippen molar-refractivity contribution in [2.45, 2.75) is 13.5 Å². The molecule has 1 heterocycles. The molecule has 0 aliphatic rings. The zero-order chi connectivity index (χ0) is 18.5. The second-order valence-electron chi connectivity index (χ2n) is 5.89. The first-order valence-corrected chi connectivity index (χ1v) is 8.12. The normalized spacial score (nSPS) is 10.4. The molecule has 0 aliphatic carbocycles. The van der Waals surface area contributed by atoms with Gasteiger partial charge in [-0.05, 0) is 48.9 Å². The second-order valence-corrected chi connectivity index (χ2v) is 5.89. The van der Waals surface area contributed by atoms with Crippen LogP contribution in [0.15, 0.2) is 65.7 Å². The molecule has 0 radical (unpaired) electrons. The number of nitrogens with zero attached hydrogens (tertiary/aromatic N) is 2. The number of anilines is 1. The fourth-order valence-electron chi connectivity index (χ4n) is 2.54. The van der Waals surface area contributed by atoms with Gasteiger partial charge < -0.3 is 10.1 Å². The summed E-state index contributed by atoms with van der Waals surface area (Å²) >= 11 is 0. The van der Waals surface area contributed by atoms with Gasteiger partial charge in [-0.15, -0.1) is 0 Å². The molecule has 0 spiro atoms. The summed E-state index contributed by atoms with van der Waals surface area (Å²) in [6.07, 6.45) is 1.39. The molecule has 0 saturated carbocycles. The van der Waals surface area contributed by atoms with Crippen LogP contribution in [0.3, 0.4) is 0 Å². The van der Waals surface area contributed by atoms with Crippen molar-refractivity contribution in [1.29, 1.82) is 0 Å². The zero-order valence-corrected chi connectivity index (χ0v) is 14.6. The minimum atomic E-state index is -0.287. The molecule has 0 atom stereocenters.